The molecule has 150 valence electrons. The minimum absolute atomic E-state index is 0.227. The van der Waals surface area contributed by atoms with Crippen LogP contribution >= 0.6 is 0 Å². The number of anilines is 3. The summed E-state index contributed by atoms with van der Waals surface area (Å²) in [6.07, 6.45) is 1.59. The topological polar surface area (TPSA) is 115 Å². The third-order valence-electron chi connectivity index (χ3n) is 4.81. The van der Waals surface area contributed by atoms with Crippen LogP contribution in [0.4, 0.5) is 17.5 Å². The molecule has 0 amide bonds. The van der Waals surface area contributed by atoms with E-state index in [1.807, 2.05) is 36.4 Å². The van der Waals surface area contributed by atoms with Crippen molar-refractivity contribution in [3.8, 4) is 23.0 Å². The SMILES string of the molecule is c1nc2nc(NCc3ccc4c(c3)OCO4)nc(Nc3ccc4c(c3)OCO4)c2[nH]1. The lowest BCUT2D eigenvalue weighted by atomic mass is 10.2. The second-order valence-electron chi connectivity index (χ2n) is 6.73. The quantitative estimate of drug-likeness (QED) is 0.461. The van der Waals surface area contributed by atoms with Crippen molar-refractivity contribution in [1.82, 2.24) is 19.9 Å². The Morgan fingerprint density at radius 1 is 0.867 bits per heavy atom. The summed E-state index contributed by atoms with van der Waals surface area (Å²) in [6.45, 7) is 1.00. The maximum absolute atomic E-state index is 5.45. The average Bonchev–Trinajstić information content (AvgIpc) is 3.51. The lowest BCUT2D eigenvalue weighted by Crippen LogP contribution is -2.06. The first kappa shape index (κ1) is 16.7. The molecule has 0 atom stereocenters. The number of aromatic nitrogens is 4. The maximum atomic E-state index is 5.45. The fourth-order valence-corrected chi connectivity index (χ4v) is 3.35. The van der Waals surface area contributed by atoms with Crippen molar-refractivity contribution in [1.29, 1.82) is 0 Å². The predicted octanol–water partition coefficient (Wildman–Crippen LogP) is 3.17. The minimum Gasteiger partial charge on any atom is -0.454 e. The number of benzene rings is 2. The molecule has 4 aromatic rings. The van der Waals surface area contributed by atoms with Gasteiger partial charge in [-0.15, -0.1) is 0 Å². The van der Waals surface area contributed by atoms with Crippen LogP contribution in [0.25, 0.3) is 11.2 Å². The first-order chi connectivity index (χ1) is 14.8. The standard InChI is InChI=1S/C20H16N6O4/c1-3-13-15(29-9-27-13)5-11(1)7-21-20-25-18-17(22-8-23-18)19(26-20)24-12-2-4-14-16(6-12)30-10-28-14/h1-6,8H,7,9-10H2,(H3,21,22,23,24,25,26). The lowest BCUT2D eigenvalue weighted by molar-refractivity contribution is 0.173. The van der Waals surface area contributed by atoms with E-state index < -0.39 is 0 Å². The van der Waals surface area contributed by atoms with Crippen LogP contribution in [0.5, 0.6) is 23.0 Å². The van der Waals surface area contributed by atoms with Crippen LogP contribution in [0.3, 0.4) is 0 Å². The number of rotatable bonds is 5. The number of nitrogens with zero attached hydrogens (tertiary/aromatic N) is 3. The van der Waals surface area contributed by atoms with Gasteiger partial charge < -0.3 is 34.6 Å². The number of ether oxygens (including phenoxy) is 4. The van der Waals surface area contributed by atoms with E-state index in [4.69, 9.17) is 18.9 Å². The van der Waals surface area contributed by atoms with Gasteiger partial charge in [0.25, 0.3) is 0 Å². The molecule has 0 radical (unpaired) electrons. The first-order valence-electron chi connectivity index (χ1n) is 9.32. The second-order valence-corrected chi connectivity index (χ2v) is 6.73. The molecule has 0 aliphatic carbocycles. The van der Waals surface area contributed by atoms with E-state index in [0.29, 0.717) is 35.2 Å². The Morgan fingerprint density at radius 3 is 2.50 bits per heavy atom. The third-order valence-corrected chi connectivity index (χ3v) is 4.81. The lowest BCUT2D eigenvalue weighted by Gasteiger charge is -2.10. The van der Waals surface area contributed by atoms with E-state index in [2.05, 4.69) is 30.6 Å². The van der Waals surface area contributed by atoms with Gasteiger partial charge in [0.05, 0.1) is 6.33 Å². The van der Waals surface area contributed by atoms with E-state index in [1.54, 1.807) is 6.33 Å². The van der Waals surface area contributed by atoms with Crippen molar-refractivity contribution >= 4 is 28.6 Å². The number of imidazole rings is 1. The van der Waals surface area contributed by atoms with E-state index in [0.717, 1.165) is 28.5 Å². The monoisotopic (exact) mass is 404 g/mol. The van der Waals surface area contributed by atoms with Gasteiger partial charge in [0.1, 0.15) is 5.52 Å². The van der Waals surface area contributed by atoms with Crippen molar-refractivity contribution in [3.05, 3.63) is 48.3 Å². The molecule has 10 heteroatoms. The molecule has 0 saturated carbocycles. The fraction of sp³-hybridized carbons (Fsp3) is 0.150. The molecule has 2 aromatic carbocycles. The van der Waals surface area contributed by atoms with Crippen LogP contribution in [-0.4, -0.2) is 33.5 Å². The number of fused-ring (bicyclic) bond motifs is 3. The Kier molecular flexibility index (Phi) is 3.73. The van der Waals surface area contributed by atoms with Crippen molar-refractivity contribution in [3.63, 3.8) is 0 Å². The summed E-state index contributed by atoms with van der Waals surface area (Å²) in [5.41, 5.74) is 3.11. The summed E-state index contributed by atoms with van der Waals surface area (Å²) in [6, 6.07) is 11.4. The van der Waals surface area contributed by atoms with Gasteiger partial charge in [0.15, 0.2) is 34.5 Å². The van der Waals surface area contributed by atoms with E-state index in [1.165, 1.54) is 0 Å². The highest BCUT2D eigenvalue weighted by Gasteiger charge is 2.16. The van der Waals surface area contributed by atoms with Crippen LogP contribution in [0, 0.1) is 0 Å². The van der Waals surface area contributed by atoms with Crippen LogP contribution in [-0.2, 0) is 6.54 Å². The van der Waals surface area contributed by atoms with Gasteiger partial charge in [-0.05, 0) is 29.8 Å². The Hall–Kier alpha value is -4.21. The molecule has 10 nitrogen and oxygen atoms in total. The number of H-pyrrole nitrogens is 1. The summed E-state index contributed by atoms with van der Waals surface area (Å²) >= 11 is 0. The average molecular weight is 404 g/mol. The third kappa shape index (κ3) is 2.94. The van der Waals surface area contributed by atoms with Gasteiger partial charge in [0.2, 0.25) is 19.5 Å². The largest absolute Gasteiger partial charge is 0.454 e. The summed E-state index contributed by atoms with van der Waals surface area (Å²) < 4.78 is 21.6. The zero-order chi connectivity index (χ0) is 19.9. The van der Waals surface area contributed by atoms with Gasteiger partial charge >= 0.3 is 0 Å². The Balaban J connectivity index is 1.26. The van der Waals surface area contributed by atoms with E-state index >= 15 is 0 Å². The fourth-order valence-electron chi connectivity index (χ4n) is 3.35. The highest BCUT2D eigenvalue weighted by molar-refractivity contribution is 5.86. The molecule has 0 unspecified atom stereocenters. The molecule has 2 aromatic heterocycles. The highest BCUT2D eigenvalue weighted by atomic mass is 16.7. The first-order valence-corrected chi connectivity index (χ1v) is 9.32. The van der Waals surface area contributed by atoms with Gasteiger partial charge in [-0.2, -0.15) is 9.97 Å². The predicted molar refractivity (Wildman–Crippen MR) is 107 cm³/mol. The van der Waals surface area contributed by atoms with Crippen LogP contribution in [0.1, 0.15) is 5.56 Å². The Bertz CT molecular complexity index is 1260. The molecular weight excluding hydrogens is 388 g/mol. The van der Waals surface area contributed by atoms with Crippen molar-refractivity contribution in [2.24, 2.45) is 0 Å². The van der Waals surface area contributed by atoms with Gasteiger partial charge in [-0.3, -0.25) is 0 Å². The molecule has 2 aliphatic rings. The Labute approximate surface area is 170 Å². The van der Waals surface area contributed by atoms with E-state index in [9.17, 15) is 0 Å². The minimum atomic E-state index is 0.227. The summed E-state index contributed by atoms with van der Waals surface area (Å²) in [5, 5.41) is 6.55. The molecule has 2 aliphatic heterocycles. The van der Waals surface area contributed by atoms with Crippen molar-refractivity contribution < 1.29 is 18.9 Å². The van der Waals surface area contributed by atoms with Gasteiger partial charge in [0, 0.05) is 18.3 Å². The molecule has 0 fully saturated rings. The molecule has 0 spiro atoms. The van der Waals surface area contributed by atoms with Crippen molar-refractivity contribution in [2.45, 2.75) is 6.54 Å². The number of aromatic amines is 1. The zero-order valence-electron chi connectivity index (χ0n) is 15.6. The van der Waals surface area contributed by atoms with Crippen LogP contribution in [0.15, 0.2) is 42.7 Å². The number of hydrogen-bond donors (Lipinski definition) is 3. The molecule has 0 saturated heterocycles. The van der Waals surface area contributed by atoms with Crippen LogP contribution < -0.4 is 29.6 Å². The maximum Gasteiger partial charge on any atom is 0.231 e. The molecule has 30 heavy (non-hydrogen) atoms. The normalized spacial score (nSPS) is 13.6. The Morgan fingerprint density at radius 2 is 1.63 bits per heavy atom. The molecule has 3 N–H and O–H groups in total. The number of hydrogen-bond acceptors (Lipinski definition) is 9. The molecule has 0 bridgehead atoms. The molecule has 6 rings (SSSR count). The van der Waals surface area contributed by atoms with Gasteiger partial charge in [-0.1, -0.05) is 6.07 Å². The van der Waals surface area contributed by atoms with Crippen LogP contribution in [0.2, 0.25) is 0 Å². The van der Waals surface area contributed by atoms with E-state index in [-0.39, 0.29) is 13.6 Å². The molecular formula is C20H16N6O4. The summed E-state index contributed by atoms with van der Waals surface area (Å²) in [7, 11) is 0. The summed E-state index contributed by atoms with van der Waals surface area (Å²) in [4.78, 5) is 16.4. The zero-order valence-corrected chi connectivity index (χ0v) is 15.6. The molecule has 4 heterocycles. The summed E-state index contributed by atoms with van der Waals surface area (Å²) in [5.74, 6) is 3.96. The number of nitrogens with one attached hydrogen (secondary N) is 3. The second kappa shape index (κ2) is 6.69. The smallest absolute Gasteiger partial charge is 0.231 e. The highest BCUT2D eigenvalue weighted by Crippen LogP contribution is 2.36. The van der Waals surface area contributed by atoms with Gasteiger partial charge in [-0.25, -0.2) is 4.98 Å². The van der Waals surface area contributed by atoms with Crippen molar-refractivity contribution in [2.75, 3.05) is 24.2 Å².